The van der Waals surface area contributed by atoms with E-state index in [0.717, 1.165) is 33.7 Å². The van der Waals surface area contributed by atoms with Gasteiger partial charge in [-0.1, -0.05) is 36.4 Å². The maximum Gasteiger partial charge on any atom is 0.255 e. The van der Waals surface area contributed by atoms with Gasteiger partial charge in [0.05, 0.1) is 56.9 Å². The summed E-state index contributed by atoms with van der Waals surface area (Å²) >= 11 is 0. The minimum atomic E-state index is -0.747. The smallest absolute Gasteiger partial charge is 0.255 e. The van der Waals surface area contributed by atoms with Gasteiger partial charge in [-0.05, 0) is 23.6 Å². The van der Waals surface area contributed by atoms with Crippen LogP contribution in [-0.4, -0.2) is 77.8 Å². The third-order valence-electron chi connectivity index (χ3n) is 7.60. The first-order chi connectivity index (χ1) is 18.9. The fourth-order valence-corrected chi connectivity index (χ4v) is 5.30. The molecule has 2 saturated heterocycles. The van der Waals surface area contributed by atoms with Crippen LogP contribution < -0.4 is 14.8 Å². The Hall–Kier alpha value is -3.47. The van der Waals surface area contributed by atoms with Crippen LogP contribution in [0.1, 0.15) is 40.4 Å². The van der Waals surface area contributed by atoms with Crippen LogP contribution in [0.2, 0.25) is 0 Å². The zero-order chi connectivity index (χ0) is 27.0. The Morgan fingerprint density at radius 3 is 2.74 bits per heavy atom. The SMILES string of the molecule is Cn1cc(-c2ccc(Cc3cc(C(=O)N[C@H]4CCOC[C@@H]4O)c(OCC4(C)COC4)c4c3OCC4)cc2)nn1. The van der Waals surface area contributed by atoms with Crippen molar-refractivity contribution in [3.63, 3.8) is 0 Å². The summed E-state index contributed by atoms with van der Waals surface area (Å²) in [5.41, 5.74) is 5.12. The van der Waals surface area contributed by atoms with Crippen LogP contribution in [0, 0.1) is 5.41 Å². The van der Waals surface area contributed by atoms with Crippen LogP contribution in [0.3, 0.4) is 0 Å². The third kappa shape index (κ3) is 5.36. The molecular weight excluding hydrogens is 500 g/mol. The van der Waals surface area contributed by atoms with Gasteiger partial charge in [-0.2, -0.15) is 0 Å². The minimum Gasteiger partial charge on any atom is -0.493 e. The van der Waals surface area contributed by atoms with Crippen molar-refractivity contribution >= 4 is 5.91 Å². The Balaban J connectivity index is 1.31. The van der Waals surface area contributed by atoms with Crippen LogP contribution in [0.25, 0.3) is 11.3 Å². The zero-order valence-corrected chi connectivity index (χ0v) is 22.3. The van der Waals surface area contributed by atoms with E-state index in [1.165, 1.54) is 0 Å². The van der Waals surface area contributed by atoms with Crippen molar-refractivity contribution in [1.82, 2.24) is 20.3 Å². The van der Waals surface area contributed by atoms with Crippen molar-refractivity contribution in [2.75, 3.05) is 39.6 Å². The lowest BCUT2D eigenvalue weighted by Gasteiger charge is -2.37. The Morgan fingerprint density at radius 2 is 2.05 bits per heavy atom. The Morgan fingerprint density at radius 1 is 1.23 bits per heavy atom. The highest BCUT2D eigenvalue weighted by Crippen LogP contribution is 2.42. The molecule has 3 aliphatic rings. The first kappa shape index (κ1) is 25.8. The molecule has 2 N–H and O–H groups in total. The van der Waals surface area contributed by atoms with Crippen LogP contribution in [0.15, 0.2) is 36.5 Å². The highest BCUT2D eigenvalue weighted by atomic mass is 16.5. The third-order valence-corrected chi connectivity index (χ3v) is 7.60. The Bertz CT molecular complexity index is 1350. The predicted octanol–water partition coefficient (Wildman–Crippen LogP) is 2.30. The largest absolute Gasteiger partial charge is 0.493 e. The van der Waals surface area contributed by atoms with E-state index in [2.05, 4.69) is 34.7 Å². The molecule has 1 amide bonds. The van der Waals surface area contributed by atoms with E-state index in [-0.39, 0.29) is 24.0 Å². The zero-order valence-electron chi connectivity index (χ0n) is 22.3. The predicted molar refractivity (Wildman–Crippen MR) is 142 cm³/mol. The number of aliphatic hydroxyl groups excluding tert-OH is 1. The van der Waals surface area contributed by atoms with Gasteiger partial charge >= 0.3 is 0 Å². The molecule has 10 heteroatoms. The molecule has 0 saturated carbocycles. The molecule has 0 spiro atoms. The van der Waals surface area contributed by atoms with Gasteiger partial charge in [-0.15, -0.1) is 5.10 Å². The van der Waals surface area contributed by atoms with Crippen molar-refractivity contribution in [3.8, 4) is 22.8 Å². The van der Waals surface area contributed by atoms with E-state index >= 15 is 0 Å². The molecule has 0 radical (unpaired) electrons. The maximum absolute atomic E-state index is 13.7. The van der Waals surface area contributed by atoms with E-state index in [0.29, 0.717) is 63.6 Å². The first-order valence-corrected chi connectivity index (χ1v) is 13.4. The van der Waals surface area contributed by atoms with Crippen LogP contribution in [0.4, 0.5) is 0 Å². The molecule has 10 nitrogen and oxygen atoms in total. The van der Waals surface area contributed by atoms with Gasteiger partial charge in [0.2, 0.25) is 0 Å². The highest BCUT2D eigenvalue weighted by molar-refractivity contribution is 5.98. The number of amides is 1. The number of nitrogens with one attached hydrogen (secondary N) is 1. The number of carbonyl (C=O) groups excluding carboxylic acids is 1. The van der Waals surface area contributed by atoms with Crippen LogP contribution in [-0.2, 0) is 29.4 Å². The average molecular weight is 535 g/mol. The molecular formula is C29H34N4O6. The second-order valence-electron chi connectivity index (χ2n) is 11.1. The maximum atomic E-state index is 13.7. The van der Waals surface area contributed by atoms with Gasteiger partial charge in [-0.25, -0.2) is 0 Å². The van der Waals surface area contributed by atoms with Crippen molar-refractivity contribution in [2.45, 2.75) is 38.3 Å². The Kier molecular flexibility index (Phi) is 7.01. The Labute approximate surface area is 227 Å². The number of nitrogens with zero attached hydrogens (tertiary/aromatic N) is 3. The summed E-state index contributed by atoms with van der Waals surface area (Å²) in [6, 6.07) is 9.69. The molecule has 206 valence electrons. The number of aromatic nitrogens is 3. The fourth-order valence-electron chi connectivity index (χ4n) is 5.30. The number of benzene rings is 2. The number of rotatable bonds is 8. The molecule has 3 aromatic rings. The molecule has 0 bridgehead atoms. The topological polar surface area (TPSA) is 117 Å². The molecule has 2 atom stereocenters. The molecule has 6 rings (SSSR count). The average Bonchev–Trinajstić information content (AvgIpc) is 3.58. The normalized spacial score (nSPS) is 21.5. The van der Waals surface area contributed by atoms with Gasteiger partial charge in [0.15, 0.2) is 0 Å². The summed E-state index contributed by atoms with van der Waals surface area (Å²) in [4.78, 5) is 13.7. The van der Waals surface area contributed by atoms with Crippen molar-refractivity contribution in [3.05, 3.63) is 58.8 Å². The molecule has 1 aromatic heterocycles. The van der Waals surface area contributed by atoms with Gasteiger partial charge in [0, 0.05) is 43.0 Å². The molecule has 2 aromatic carbocycles. The lowest BCUT2D eigenvalue weighted by atomic mass is 9.90. The lowest BCUT2D eigenvalue weighted by molar-refractivity contribution is -0.120. The van der Waals surface area contributed by atoms with Crippen LogP contribution >= 0.6 is 0 Å². The first-order valence-electron chi connectivity index (χ1n) is 13.4. The number of carbonyl (C=O) groups is 1. The number of aliphatic hydroxyl groups is 1. The van der Waals surface area contributed by atoms with E-state index < -0.39 is 6.10 Å². The van der Waals surface area contributed by atoms with Gasteiger partial charge in [-0.3, -0.25) is 9.48 Å². The van der Waals surface area contributed by atoms with Gasteiger partial charge in [0.25, 0.3) is 5.91 Å². The van der Waals surface area contributed by atoms with Crippen LogP contribution in [0.5, 0.6) is 11.5 Å². The second kappa shape index (κ2) is 10.6. The second-order valence-corrected chi connectivity index (χ2v) is 11.1. The summed E-state index contributed by atoms with van der Waals surface area (Å²) < 4.78 is 24.9. The molecule has 2 fully saturated rings. The molecule has 0 aliphatic carbocycles. The lowest BCUT2D eigenvalue weighted by Crippen LogP contribution is -2.49. The minimum absolute atomic E-state index is 0.0828. The number of fused-ring (bicyclic) bond motifs is 1. The van der Waals surface area contributed by atoms with E-state index in [1.807, 2.05) is 31.4 Å². The molecule has 4 heterocycles. The summed E-state index contributed by atoms with van der Waals surface area (Å²) in [5, 5.41) is 21.6. The quantitative estimate of drug-likeness (QED) is 0.452. The highest BCUT2D eigenvalue weighted by Gasteiger charge is 2.36. The monoisotopic (exact) mass is 534 g/mol. The van der Waals surface area contributed by atoms with Crippen molar-refractivity contribution < 1.29 is 28.8 Å². The summed E-state index contributed by atoms with van der Waals surface area (Å²) in [7, 11) is 1.84. The fraction of sp³-hybridized carbons (Fsp3) is 0.483. The number of hydrogen-bond donors (Lipinski definition) is 2. The van der Waals surface area contributed by atoms with Crippen molar-refractivity contribution in [1.29, 1.82) is 0 Å². The summed E-state index contributed by atoms with van der Waals surface area (Å²) in [6.45, 7) is 5.06. The standard InChI is InChI=1S/C29H34N4O6/c1-29(15-37-16-29)17-39-27-21-7-10-38-26(21)20(12-22(27)28(35)30-23-8-9-36-14-25(23)34)11-18-3-5-19(6-4-18)24-13-33(2)32-31-24/h3-6,12-13,23,25,34H,7-11,14-17H2,1-2H3,(H,30,35)/t23-,25-/m0/s1. The summed E-state index contributed by atoms with van der Waals surface area (Å²) in [5.74, 6) is 1.09. The van der Waals surface area contributed by atoms with Gasteiger partial charge in [0.1, 0.15) is 17.2 Å². The number of ether oxygens (including phenoxy) is 4. The van der Waals surface area contributed by atoms with E-state index in [4.69, 9.17) is 18.9 Å². The molecule has 39 heavy (non-hydrogen) atoms. The number of hydrogen-bond acceptors (Lipinski definition) is 8. The molecule has 0 unspecified atom stereocenters. The van der Waals surface area contributed by atoms with Crippen molar-refractivity contribution in [2.24, 2.45) is 12.5 Å². The van der Waals surface area contributed by atoms with E-state index in [9.17, 15) is 9.90 Å². The van der Waals surface area contributed by atoms with E-state index in [1.54, 1.807) is 4.68 Å². The summed E-state index contributed by atoms with van der Waals surface area (Å²) in [6.07, 6.45) is 2.94. The number of aryl methyl sites for hydroxylation is 1. The molecule has 3 aliphatic heterocycles. The van der Waals surface area contributed by atoms with Gasteiger partial charge < -0.3 is 29.4 Å².